The second kappa shape index (κ2) is 4.54. The molecule has 0 atom stereocenters. The quantitative estimate of drug-likeness (QED) is 0.817. The van der Waals surface area contributed by atoms with Crippen LogP contribution in [0.5, 0.6) is 5.75 Å². The van der Waals surface area contributed by atoms with Gasteiger partial charge in [0.2, 0.25) is 0 Å². The number of rotatable bonds is 2. The molecule has 100 valence electrons. The Hall–Kier alpha value is -1.53. The van der Waals surface area contributed by atoms with Crippen molar-refractivity contribution in [3.63, 3.8) is 0 Å². The Balaban J connectivity index is 1.89. The van der Waals surface area contributed by atoms with Crippen LogP contribution in [0.3, 0.4) is 0 Å². The average Bonchev–Trinajstić information content (AvgIpc) is 2.45. The fourth-order valence-electron chi connectivity index (χ4n) is 3.76. The zero-order valence-corrected chi connectivity index (χ0v) is 11.3. The third-order valence-electron chi connectivity index (χ3n) is 4.74. The topological polar surface area (TPSA) is 42.2 Å². The minimum atomic E-state index is -0.357. The van der Waals surface area contributed by atoms with Crippen molar-refractivity contribution in [2.24, 2.45) is 5.41 Å². The molecule has 0 amide bonds. The van der Waals surface area contributed by atoms with Crippen LogP contribution in [0, 0.1) is 16.7 Å². The molecule has 1 saturated heterocycles. The van der Waals surface area contributed by atoms with Gasteiger partial charge in [-0.15, -0.1) is 0 Å². The summed E-state index contributed by atoms with van der Waals surface area (Å²) in [6, 6.07) is 10.5. The van der Waals surface area contributed by atoms with Crippen molar-refractivity contribution in [1.82, 2.24) is 0 Å². The van der Waals surface area contributed by atoms with Gasteiger partial charge in [0.1, 0.15) is 5.75 Å². The van der Waals surface area contributed by atoms with Crippen LogP contribution in [0.4, 0.5) is 0 Å². The third kappa shape index (κ3) is 1.91. The van der Waals surface area contributed by atoms with E-state index in [2.05, 4.69) is 6.07 Å². The molecule has 0 aromatic heterocycles. The Morgan fingerprint density at radius 3 is 2.53 bits per heavy atom. The average molecular weight is 257 g/mol. The molecule has 1 spiro atoms. The summed E-state index contributed by atoms with van der Waals surface area (Å²) < 4.78 is 10.9. The molecule has 3 nitrogen and oxygen atoms in total. The van der Waals surface area contributed by atoms with Gasteiger partial charge in [-0.25, -0.2) is 0 Å². The van der Waals surface area contributed by atoms with Gasteiger partial charge in [0, 0.05) is 18.8 Å². The molecule has 1 heterocycles. The van der Waals surface area contributed by atoms with Gasteiger partial charge in [-0.05, 0) is 37.2 Å². The first kappa shape index (κ1) is 12.5. The van der Waals surface area contributed by atoms with E-state index in [0.29, 0.717) is 5.41 Å². The van der Waals surface area contributed by atoms with E-state index in [1.54, 1.807) is 7.11 Å². The van der Waals surface area contributed by atoms with E-state index in [1.807, 2.05) is 24.3 Å². The molecule has 3 rings (SSSR count). The second-order valence-corrected chi connectivity index (χ2v) is 5.86. The van der Waals surface area contributed by atoms with Crippen molar-refractivity contribution in [3.05, 3.63) is 29.8 Å². The molecule has 1 saturated carbocycles. The van der Waals surface area contributed by atoms with Gasteiger partial charge >= 0.3 is 0 Å². The molecule has 2 fully saturated rings. The van der Waals surface area contributed by atoms with Gasteiger partial charge in [0.15, 0.2) is 0 Å². The predicted octanol–water partition coefficient (Wildman–Crippen LogP) is 3.05. The first-order valence-electron chi connectivity index (χ1n) is 6.86. The number of para-hydroxylation sites is 1. The van der Waals surface area contributed by atoms with Crippen LogP contribution < -0.4 is 4.74 Å². The first-order chi connectivity index (χ1) is 9.24. The van der Waals surface area contributed by atoms with Gasteiger partial charge in [0.05, 0.1) is 18.6 Å². The molecule has 1 aromatic rings. The van der Waals surface area contributed by atoms with Crippen LogP contribution in [0.1, 0.15) is 31.2 Å². The predicted molar refractivity (Wildman–Crippen MR) is 72.0 cm³/mol. The molecular formula is C16H19NO2. The molecule has 0 bridgehead atoms. The summed E-state index contributed by atoms with van der Waals surface area (Å²) in [5, 5.41) is 9.69. The van der Waals surface area contributed by atoms with E-state index in [-0.39, 0.29) is 5.41 Å². The van der Waals surface area contributed by atoms with Crippen molar-refractivity contribution in [1.29, 1.82) is 5.26 Å². The van der Waals surface area contributed by atoms with Crippen molar-refractivity contribution >= 4 is 0 Å². The number of ether oxygens (including phenoxy) is 2. The fourth-order valence-corrected chi connectivity index (χ4v) is 3.76. The van der Waals surface area contributed by atoms with Crippen LogP contribution in [0.2, 0.25) is 0 Å². The van der Waals surface area contributed by atoms with Crippen LogP contribution in [0.15, 0.2) is 24.3 Å². The molecule has 19 heavy (non-hydrogen) atoms. The normalized spacial score (nSPS) is 23.4. The zero-order chi connectivity index (χ0) is 13.3. The second-order valence-electron chi connectivity index (χ2n) is 5.86. The number of hydrogen-bond acceptors (Lipinski definition) is 3. The van der Waals surface area contributed by atoms with E-state index in [4.69, 9.17) is 9.47 Å². The summed E-state index contributed by atoms with van der Waals surface area (Å²) >= 11 is 0. The van der Waals surface area contributed by atoms with E-state index in [0.717, 1.165) is 50.2 Å². The van der Waals surface area contributed by atoms with E-state index < -0.39 is 0 Å². The molecule has 3 heteroatoms. The van der Waals surface area contributed by atoms with E-state index >= 15 is 0 Å². The number of nitrogens with zero attached hydrogens (tertiary/aromatic N) is 1. The van der Waals surface area contributed by atoms with Gasteiger partial charge in [0.25, 0.3) is 0 Å². The largest absolute Gasteiger partial charge is 0.496 e. The monoisotopic (exact) mass is 257 g/mol. The molecule has 0 unspecified atom stereocenters. The molecular weight excluding hydrogens is 238 g/mol. The number of methoxy groups -OCH3 is 1. The first-order valence-corrected chi connectivity index (χ1v) is 6.86. The molecule has 0 radical (unpaired) electrons. The maximum absolute atomic E-state index is 9.69. The van der Waals surface area contributed by atoms with Crippen molar-refractivity contribution < 1.29 is 9.47 Å². The zero-order valence-electron chi connectivity index (χ0n) is 11.3. The summed E-state index contributed by atoms with van der Waals surface area (Å²) in [5.74, 6) is 0.839. The van der Waals surface area contributed by atoms with Crippen molar-refractivity contribution in [2.75, 3.05) is 20.3 Å². The van der Waals surface area contributed by atoms with E-state index in [1.165, 1.54) is 0 Å². The lowest BCUT2D eigenvalue weighted by Gasteiger charge is -2.55. The number of nitriles is 1. The standard InChI is InChI=1S/C16H19NO2/c1-18-14-5-3-2-4-13(14)16(12-17)10-15(11-16)6-8-19-9-7-15/h2-5H,6-11H2,1H3. The maximum Gasteiger partial charge on any atom is 0.123 e. The lowest BCUT2D eigenvalue weighted by Crippen LogP contribution is -2.51. The fraction of sp³-hybridized carbons (Fsp3) is 0.562. The highest BCUT2D eigenvalue weighted by molar-refractivity contribution is 5.47. The SMILES string of the molecule is COc1ccccc1C1(C#N)CC2(CCOCC2)C1. The van der Waals surface area contributed by atoms with Crippen LogP contribution in [-0.4, -0.2) is 20.3 Å². The Morgan fingerprint density at radius 2 is 1.89 bits per heavy atom. The van der Waals surface area contributed by atoms with Gasteiger partial charge in [-0.1, -0.05) is 18.2 Å². The maximum atomic E-state index is 9.69. The van der Waals surface area contributed by atoms with Gasteiger partial charge in [-0.2, -0.15) is 5.26 Å². The van der Waals surface area contributed by atoms with Gasteiger partial charge in [-0.3, -0.25) is 0 Å². The number of hydrogen-bond donors (Lipinski definition) is 0. The Labute approximate surface area is 114 Å². The minimum Gasteiger partial charge on any atom is -0.496 e. The van der Waals surface area contributed by atoms with E-state index in [9.17, 15) is 5.26 Å². The molecule has 1 aliphatic carbocycles. The van der Waals surface area contributed by atoms with Crippen LogP contribution >= 0.6 is 0 Å². The highest BCUT2D eigenvalue weighted by Crippen LogP contribution is 2.61. The number of benzene rings is 1. The summed E-state index contributed by atoms with van der Waals surface area (Å²) in [6.07, 6.45) is 4.07. The lowest BCUT2D eigenvalue weighted by molar-refractivity contribution is -0.0582. The highest BCUT2D eigenvalue weighted by Gasteiger charge is 2.56. The Kier molecular flexibility index (Phi) is 2.99. The van der Waals surface area contributed by atoms with Crippen LogP contribution in [-0.2, 0) is 10.2 Å². The third-order valence-corrected chi connectivity index (χ3v) is 4.74. The molecule has 0 N–H and O–H groups in total. The van der Waals surface area contributed by atoms with Crippen molar-refractivity contribution in [3.8, 4) is 11.8 Å². The summed E-state index contributed by atoms with van der Waals surface area (Å²) in [6.45, 7) is 1.68. The highest BCUT2D eigenvalue weighted by atomic mass is 16.5. The Bertz CT molecular complexity index is 504. The summed E-state index contributed by atoms with van der Waals surface area (Å²) in [4.78, 5) is 0. The molecule has 2 aliphatic rings. The Morgan fingerprint density at radius 1 is 1.21 bits per heavy atom. The van der Waals surface area contributed by atoms with Gasteiger partial charge < -0.3 is 9.47 Å². The summed E-state index contributed by atoms with van der Waals surface area (Å²) in [5.41, 5.74) is 1.02. The minimum absolute atomic E-state index is 0.328. The molecule has 1 aromatic carbocycles. The smallest absolute Gasteiger partial charge is 0.123 e. The van der Waals surface area contributed by atoms with Crippen molar-refractivity contribution in [2.45, 2.75) is 31.1 Å². The summed E-state index contributed by atoms with van der Waals surface area (Å²) in [7, 11) is 1.67. The lowest BCUT2D eigenvalue weighted by atomic mass is 9.48. The van der Waals surface area contributed by atoms with Crippen LogP contribution in [0.25, 0.3) is 0 Å². The molecule has 1 aliphatic heterocycles.